The number of aromatic nitrogens is 2. The van der Waals surface area contributed by atoms with Crippen LogP contribution in [0.3, 0.4) is 0 Å². The van der Waals surface area contributed by atoms with Crippen LogP contribution in [0.15, 0.2) is 29.3 Å². The molecule has 0 spiro atoms. The van der Waals surface area contributed by atoms with Gasteiger partial charge in [-0.15, -0.1) is 0 Å². The molecule has 2 aromatic rings. The Labute approximate surface area is 192 Å². The number of guanidine groups is 1. The van der Waals surface area contributed by atoms with Gasteiger partial charge in [-0.05, 0) is 57.5 Å². The summed E-state index contributed by atoms with van der Waals surface area (Å²) in [4.78, 5) is 7.00. The van der Waals surface area contributed by atoms with Crippen molar-refractivity contribution in [2.75, 3.05) is 47.5 Å². The molecule has 0 radical (unpaired) electrons. The summed E-state index contributed by atoms with van der Waals surface area (Å²) in [6.07, 6.45) is 2.51. The van der Waals surface area contributed by atoms with E-state index in [0.717, 1.165) is 49.3 Å². The Balaban J connectivity index is 1.63. The first-order valence-corrected chi connectivity index (χ1v) is 11.4. The lowest BCUT2D eigenvalue weighted by molar-refractivity contribution is 0.182. The fourth-order valence-corrected chi connectivity index (χ4v) is 4.31. The van der Waals surface area contributed by atoms with Gasteiger partial charge in [0.2, 0.25) is 0 Å². The van der Waals surface area contributed by atoms with Crippen molar-refractivity contribution in [3.05, 3.63) is 46.8 Å². The molecule has 1 aliphatic heterocycles. The number of likely N-dealkylation sites (tertiary alicyclic amines) is 1. The minimum Gasteiger partial charge on any atom is -0.497 e. The van der Waals surface area contributed by atoms with E-state index in [4.69, 9.17) is 9.47 Å². The maximum absolute atomic E-state index is 5.33. The van der Waals surface area contributed by atoms with E-state index in [0.29, 0.717) is 19.2 Å². The predicted octanol–water partition coefficient (Wildman–Crippen LogP) is 2.66. The van der Waals surface area contributed by atoms with Crippen LogP contribution in [0.25, 0.3) is 0 Å². The van der Waals surface area contributed by atoms with E-state index in [2.05, 4.69) is 51.6 Å². The van der Waals surface area contributed by atoms with Gasteiger partial charge in [-0.3, -0.25) is 14.6 Å². The number of nitrogens with one attached hydrogen (secondary N) is 2. The molecule has 1 aromatic heterocycles. The van der Waals surface area contributed by atoms with Crippen molar-refractivity contribution >= 4 is 5.96 Å². The number of ether oxygens (including phenoxy) is 2. The lowest BCUT2D eigenvalue weighted by Gasteiger charge is -2.29. The molecule has 1 aliphatic rings. The second kappa shape index (κ2) is 11.9. The monoisotopic (exact) mass is 442 g/mol. The van der Waals surface area contributed by atoms with E-state index < -0.39 is 0 Å². The Hall–Kier alpha value is -2.58. The molecule has 176 valence electrons. The molecule has 0 amide bonds. The number of hydrogen-bond acceptors (Lipinski definition) is 5. The Morgan fingerprint density at radius 1 is 1.12 bits per heavy atom. The van der Waals surface area contributed by atoms with Crippen LogP contribution >= 0.6 is 0 Å². The largest absolute Gasteiger partial charge is 0.497 e. The van der Waals surface area contributed by atoms with Crippen LogP contribution in [0.5, 0.6) is 5.75 Å². The van der Waals surface area contributed by atoms with Crippen LogP contribution in [0.4, 0.5) is 0 Å². The number of aryl methyl sites for hydroxylation is 1. The number of nitrogens with zero attached hydrogens (tertiary/aromatic N) is 4. The number of benzene rings is 1. The van der Waals surface area contributed by atoms with E-state index >= 15 is 0 Å². The van der Waals surface area contributed by atoms with Crippen molar-refractivity contribution in [2.24, 2.45) is 4.99 Å². The van der Waals surface area contributed by atoms with Crippen molar-refractivity contribution in [3.63, 3.8) is 0 Å². The SMILES string of the molecule is CN=C(NCc1c(C)nn(CCOC)c1C)NCC(c1ccc(OC)cc1)N1CCCC1. The third-order valence-corrected chi connectivity index (χ3v) is 6.24. The zero-order valence-corrected chi connectivity index (χ0v) is 20.1. The molecule has 0 aliphatic carbocycles. The number of rotatable bonds is 10. The van der Waals surface area contributed by atoms with Gasteiger partial charge >= 0.3 is 0 Å². The van der Waals surface area contributed by atoms with E-state index in [1.165, 1.54) is 24.0 Å². The summed E-state index contributed by atoms with van der Waals surface area (Å²) < 4.78 is 12.5. The highest BCUT2D eigenvalue weighted by Gasteiger charge is 2.24. The fraction of sp³-hybridized carbons (Fsp3) is 0.583. The van der Waals surface area contributed by atoms with E-state index in [1.807, 2.05) is 23.9 Å². The Morgan fingerprint density at radius 3 is 2.47 bits per heavy atom. The van der Waals surface area contributed by atoms with Crippen molar-refractivity contribution in [1.29, 1.82) is 0 Å². The molecule has 8 nitrogen and oxygen atoms in total. The zero-order valence-electron chi connectivity index (χ0n) is 20.1. The van der Waals surface area contributed by atoms with Gasteiger partial charge in [-0.2, -0.15) is 5.10 Å². The third-order valence-electron chi connectivity index (χ3n) is 6.24. The van der Waals surface area contributed by atoms with Gasteiger partial charge in [0, 0.05) is 38.5 Å². The summed E-state index contributed by atoms with van der Waals surface area (Å²) in [5, 5.41) is 11.7. The molecule has 3 rings (SSSR count). The first-order chi connectivity index (χ1) is 15.6. The summed E-state index contributed by atoms with van der Waals surface area (Å²) in [7, 11) is 5.23. The highest BCUT2D eigenvalue weighted by Crippen LogP contribution is 2.26. The average Bonchev–Trinajstić information content (AvgIpc) is 3.43. The molecule has 2 heterocycles. The van der Waals surface area contributed by atoms with Crippen molar-refractivity contribution in [2.45, 2.75) is 45.8 Å². The summed E-state index contributed by atoms with van der Waals surface area (Å²) in [5.41, 5.74) is 4.70. The van der Waals surface area contributed by atoms with Gasteiger partial charge in [-0.1, -0.05) is 12.1 Å². The molecule has 32 heavy (non-hydrogen) atoms. The highest BCUT2D eigenvalue weighted by molar-refractivity contribution is 5.79. The fourth-order valence-electron chi connectivity index (χ4n) is 4.31. The molecule has 1 atom stereocenters. The minimum atomic E-state index is 0.294. The predicted molar refractivity (Wildman–Crippen MR) is 128 cm³/mol. The van der Waals surface area contributed by atoms with Gasteiger partial charge in [-0.25, -0.2) is 0 Å². The van der Waals surface area contributed by atoms with Crippen LogP contribution < -0.4 is 15.4 Å². The molecule has 1 fully saturated rings. The van der Waals surface area contributed by atoms with Gasteiger partial charge in [0.05, 0.1) is 32.0 Å². The van der Waals surface area contributed by atoms with E-state index in [-0.39, 0.29) is 0 Å². The van der Waals surface area contributed by atoms with Gasteiger partial charge in [0.1, 0.15) is 5.75 Å². The van der Waals surface area contributed by atoms with Crippen LogP contribution in [0.2, 0.25) is 0 Å². The minimum absolute atomic E-state index is 0.294. The Kier molecular flexibility index (Phi) is 8.93. The third kappa shape index (κ3) is 6.01. The normalized spacial score (nSPS) is 15.7. The summed E-state index contributed by atoms with van der Waals surface area (Å²) in [6, 6.07) is 8.71. The highest BCUT2D eigenvalue weighted by atomic mass is 16.5. The quantitative estimate of drug-likeness (QED) is 0.435. The maximum atomic E-state index is 5.33. The molecule has 0 saturated carbocycles. The number of aliphatic imine (C=N–C) groups is 1. The second-order valence-electron chi connectivity index (χ2n) is 8.20. The smallest absolute Gasteiger partial charge is 0.191 e. The second-order valence-corrected chi connectivity index (χ2v) is 8.20. The standard InChI is InChI=1S/C24H38N6O2/c1-18-22(19(2)30(28-18)14-15-31-4)16-26-24(25-3)27-17-23(29-12-6-7-13-29)20-8-10-21(32-5)11-9-20/h8-11,23H,6-7,12-17H2,1-5H3,(H2,25,26,27). The maximum Gasteiger partial charge on any atom is 0.191 e. The lowest BCUT2D eigenvalue weighted by atomic mass is 10.1. The molecule has 2 N–H and O–H groups in total. The summed E-state index contributed by atoms with van der Waals surface area (Å²) >= 11 is 0. The van der Waals surface area contributed by atoms with E-state index in [9.17, 15) is 0 Å². The van der Waals surface area contributed by atoms with Crippen molar-refractivity contribution in [3.8, 4) is 5.75 Å². The molecule has 1 aromatic carbocycles. The van der Waals surface area contributed by atoms with Gasteiger partial charge in [0.15, 0.2) is 5.96 Å². The summed E-state index contributed by atoms with van der Waals surface area (Å²) in [6.45, 7) is 9.30. The summed E-state index contributed by atoms with van der Waals surface area (Å²) in [5.74, 6) is 1.68. The van der Waals surface area contributed by atoms with Gasteiger partial charge < -0.3 is 20.1 Å². The zero-order chi connectivity index (χ0) is 22.9. The van der Waals surface area contributed by atoms with Crippen molar-refractivity contribution in [1.82, 2.24) is 25.3 Å². The Bertz CT molecular complexity index is 871. The lowest BCUT2D eigenvalue weighted by Crippen LogP contribution is -2.42. The molecular weight excluding hydrogens is 404 g/mol. The molecule has 0 bridgehead atoms. The number of hydrogen-bond donors (Lipinski definition) is 2. The molecule has 1 saturated heterocycles. The topological polar surface area (TPSA) is 75.9 Å². The average molecular weight is 443 g/mol. The Morgan fingerprint density at radius 2 is 1.84 bits per heavy atom. The molecule has 8 heteroatoms. The van der Waals surface area contributed by atoms with Crippen molar-refractivity contribution < 1.29 is 9.47 Å². The molecular formula is C24H38N6O2. The first kappa shape index (κ1) is 24.1. The first-order valence-electron chi connectivity index (χ1n) is 11.4. The van der Waals surface area contributed by atoms with Gasteiger partial charge in [0.25, 0.3) is 0 Å². The number of methoxy groups -OCH3 is 2. The van der Waals surface area contributed by atoms with Crippen LogP contribution in [-0.2, 0) is 17.8 Å². The van der Waals surface area contributed by atoms with Crippen LogP contribution in [-0.4, -0.2) is 68.1 Å². The molecule has 1 unspecified atom stereocenters. The van der Waals surface area contributed by atoms with E-state index in [1.54, 1.807) is 14.2 Å². The van der Waals surface area contributed by atoms with Crippen LogP contribution in [0, 0.1) is 13.8 Å². The van der Waals surface area contributed by atoms with Crippen LogP contribution in [0.1, 0.15) is 41.4 Å².